The van der Waals surface area contributed by atoms with E-state index < -0.39 is 0 Å². The van der Waals surface area contributed by atoms with E-state index in [9.17, 15) is 5.11 Å². The van der Waals surface area contributed by atoms with E-state index in [4.69, 9.17) is 0 Å². The molecule has 114 valence electrons. The molecule has 0 atom stereocenters. The Labute approximate surface area is 124 Å². The number of benzene rings is 1. The Morgan fingerprint density at radius 2 is 1.70 bits per heavy atom. The van der Waals surface area contributed by atoms with Gasteiger partial charge in [0.2, 0.25) is 0 Å². The zero-order chi connectivity index (χ0) is 15.2. The molecule has 0 heterocycles. The highest BCUT2D eigenvalue weighted by Gasteiger charge is 2.16. The number of hydrogen-bond acceptors (Lipinski definition) is 2. The first-order valence-electron chi connectivity index (χ1n) is 7.85. The third-order valence-corrected chi connectivity index (χ3v) is 3.94. The second-order valence-electron chi connectivity index (χ2n) is 6.80. The van der Waals surface area contributed by atoms with Gasteiger partial charge in [-0.05, 0) is 42.4 Å². The molecule has 0 radical (unpaired) electrons. The molecule has 1 aromatic carbocycles. The second-order valence-corrected chi connectivity index (χ2v) is 6.80. The highest BCUT2D eigenvalue weighted by Crippen LogP contribution is 2.24. The van der Waals surface area contributed by atoms with Gasteiger partial charge in [-0.1, -0.05) is 52.2 Å². The second kappa shape index (κ2) is 7.68. The summed E-state index contributed by atoms with van der Waals surface area (Å²) in [6.45, 7) is 12.8. The van der Waals surface area contributed by atoms with Crippen LogP contribution in [0.4, 0.5) is 0 Å². The van der Waals surface area contributed by atoms with Crippen molar-refractivity contribution in [3.05, 3.63) is 28.8 Å². The number of phenolic OH excluding ortho intramolecular Hbond substituents is 1. The van der Waals surface area contributed by atoms with Gasteiger partial charge in [0, 0.05) is 13.1 Å². The summed E-state index contributed by atoms with van der Waals surface area (Å²) in [6, 6.07) is 4.14. The van der Waals surface area contributed by atoms with Crippen LogP contribution < -0.4 is 5.32 Å². The number of hydrogen-bond donors (Lipinski definition) is 2. The van der Waals surface area contributed by atoms with E-state index in [0.717, 1.165) is 24.2 Å². The van der Waals surface area contributed by atoms with Crippen LogP contribution in [0.2, 0.25) is 0 Å². The lowest BCUT2D eigenvalue weighted by Crippen LogP contribution is -2.29. The Bertz CT molecular complexity index is 400. The lowest BCUT2D eigenvalue weighted by molar-refractivity contribution is 0.302. The normalized spacial score (nSPS) is 11.8. The summed E-state index contributed by atoms with van der Waals surface area (Å²) in [4.78, 5) is 0. The van der Waals surface area contributed by atoms with Gasteiger partial charge >= 0.3 is 0 Å². The largest absolute Gasteiger partial charge is 0.507 e. The fourth-order valence-corrected chi connectivity index (χ4v) is 2.63. The van der Waals surface area contributed by atoms with E-state index in [1.165, 1.54) is 31.2 Å². The number of aryl methyl sites for hydroxylation is 2. The van der Waals surface area contributed by atoms with Gasteiger partial charge in [-0.15, -0.1) is 0 Å². The number of nitrogens with one attached hydrogen (secondary N) is 1. The van der Waals surface area contributed by atoms with Gasteiger partial charge < -0.3 is 10.4 Å². The molecule has 0 saturated carbocycles. The van der Waals surface area contributed by atoms with E-state index in [1.807, 2.05) is 13.8 Å². The minimum atomic E-state index is 0.357. The van der Waals surface area contributed by atoms with Gasteiger partial charge in [-0.25, -0.2) is 0 Å². The molecule has 1 rings (SSSR count). The van der Waals surface area contributed by atoms with Gasteiger partial charge in [0.05, 0.1) is 0 Å². The van der Waals surface area contributed by atoms with Crippen molar-refractivity contribution in [1.82, 2.24) is 5.32 Å². The Hall–Kier alpha value is -1.02. The summed E-state index contributed by atoms with van der Waals surface area (Å²) in [7, 11) is 0. The van der Waals surface area contributed by atoms with Gasteiger partial charge in [0.25, 0.3) is 0 Å². The summed E-state index contributed by atoms with van der Waals surface area (Å²) in [6.07, 6.45) is 5.22. The van der Waals surface area contributed by atoms with Crippen LogP contribution in [0.15, 0.2) is 12.1 Å². The van der Waals surface area contributed by atoms with Crippen LogP contribution in [0.1, 0.15) is 63.1 Å². The fraction of sp³-hybridized carbons (Fsp3) is 0.667. The molecule has 0 amide bonds. The first-order valence-corrected chi connectivity index (χ1v) is 7.85. The number of aromatic hydroxyl groups is 1. The molecule has 1 aromatic rings. The van der Waals surface area contributed by atoms with Crippen molar-refractivity contribution in [2.75, 3.05) is 6.54 Å². The fourth-order valence-electron chi connectivity index (χ4n) is 2.63. The summed E-state index contributed by atoms with van der Waals surface area (Å²) in [5.41, 5.74) is 3.53. The van der Waals surface area contributed by atoms with Crippen LogP contribution in [0.25, 0.3) is 0 Å². The smallest absolute Gasteiger partial charge is 0.121 e. The minimum Gasteiger partial charge on any atom is -0.507 e. The van der Waals surface area contributed by atoms with Crippen LogP contribution in [0.5, 0.6) is 5.75 Å². The summed E-state index contributed by atoms with van der Waals surface area (Å²) < 4.78 is 0. The Morgan fingerprint density at radius 3 is 2.25 bits per heavy atom. The number of rotatable bonds is 8. The topological polar surface area (TPSA) is 32.3 Å². The zero-order valence-electron chi connectivity index (χ0n) is 13.8. The lowest BCUT2D eigenvalue weighted by Gasteiger charge is -2.25. The van der Waals surface area contributed by atoms with E-state index >= 15 is 0 Å². The predicted molar refractivity (Wildman–Crippen MR) is 87.2 cm³/mol. The lowest BCUT2D eigenvalue weighted by atomic mass is 9.87. The Balaban J connectivity index is 2.44. The van der Waals surface area contributed by atoms with Crippen LogP contribution in [-0.4, -0.2) is 11.7 Å². The van der Waals surface area contributed by atoms with Crippen LogP contribution in [-0.2, 0) is 6.54 Å². The van der Waals surface area contributed by atoms with Crippen molar-refractivity contribution in [2.24, 2.45) is 5.41 Å². The van der Waals surface area contributed by atoms with E-state index in [1.54, 1.807) is 0 Å². The van der Waals surface area contributed by atoms with Gasteiger partial charge in [-0.2, -0.15) is 0 Å². The van der Waals surface area contributed by atoms with Crippen LogP contribution in [0, 0.1) is 19.3 Å². The number of phenols is 1. The number of unbranched alkanes of at least 4 members (excludes halogenated alkanes) is 2. The maximum atomic E-state index is 9.79. The maximum absolute atomic E-state index is 9.79. The van der Waals surface area contributed by atoms with Crippen LogP contribution >= 0.6 is 0 Å². The molecule has 0 spiro atoms. The van der Waals surface area contributed by atoms with Crippen LogP contribution in [0.3, 0.4) is 0 Å². The Kier molecular flexibility index (Phi) is 6.54. The SMILES string of the molecule is CCCCCC(C)(C)CNCc1cc(C)c(O)c(C)c1. The molecule has 0 aliphatic rings. The molecule has 2 heteroatoms. The molecular weight excluding hydrogens is 246 g/mol. The molecule has 0 saturated heterocycles. The molecule has 0 aliphatic heterocycles. The molecule has 2 nitrogen and oxygen atoms in total. The highest BCUT2D eigenvalue weighted by molar-refractivity contribution is 5.42. The van der Waals surface area contributed by atoms with Crippen molar-refractivity contribution in [2.45, 2.75) is 66.8 Å². The first kappa shape index (κ1) is 17.0. The summed E-state index contributed by atoms with van der Waals surface area (Å²) in [5, 5.41) is 13.3. The molecule has 0 fully saturated rings. The molecule has 20 heavy (non-hydrogen) atoms. The highest BCUT2D eigenvalue weighted by atomic mass is 16.3. The monoisotopic (exact) mass is 277 g/mol. The average Bonchev–Trinajstić information content (AvgIpc) is 2.35. The Morgan fingerprint density at radius 1 is 1.10 bits per heavy atom. The van der Waals surface area contributed by atoms with Gasteiger partial charge in [0.1, 0.15) is 5.75 Å². The molecule has 0 aromatic heterocycles. The van der Waals surface area contributed by atoms with Crippen molar-refractivity contribution in [1.29, 1.82) is 0 Å². The van der Waals surface area contributed by atoms with E-state index in [2.05, 4.69) is 38.2 Å². The van der Waals surface area contributed by atoms with Crippen molar-refractivity contribution in [3.63, 3.8) is 0 Å². The minimum absolute atomic E-state index is 0.357. The van der Waals surface area contributed by atoms with E-state index in [-0.39, 0.29) is 0 Å². The van der Waals surface area contributed by atoms with Crippen molar-refractivity contribution in [3.8, 4) is 5.75 Å². The van der Waals surface area contributed by atoms with Crippen molar-refractivity contribution >= 4 is 0 Å². The zero-order valence-corrected chi connectivity index (χ0v) is 13.8. The van der Waals surface area contributed by atoms with Gasteiger partial charge in [-0.3, -0.25) is 0 Å². The quantitative estimate of drug-likeness (QED) is 0.675. The van der Waals surface area contributed by atoms with Crippen molar-refractivity contribution < 1.29 is 5.11 Å². The summed E-state index contributed by atoms with van der Waals surface area (Å²) >= 11 is 0. The van der Waals surface area contributed by atoms with Gasteiger partial charge in [0.15, 0.2) is 0 Å². The van der Waals surface area contributed by atoms with E-state index in [0.29, 0.717) is 11.2 Å². The third kappa shape index (κ3) is 5.54. The molecule has 0 unspecified atom stereocenters. The molecule has 0 bridgehead atoms. The molecule has 2 N–H and O–H groups in total. The summed E-state index contributed by atoms with van der Waals surface area (Å²) in [5.74, 6) is 0.425. The standard InChI is InChI=1S/C18H31NO/c1-6-7-8-9-18(4,5)13-19-12-16-10-14(2)17(20)15(3)11-16/h10-11,19-20H,6-9,12-13H2,1-5H3. The molecular formula is C18H31NO. The first-order chi connectivity index (χ1) is 9.35. The molecule has 0 aliphatic carbocycles. The maximum Gasteiger partial charge on any atom is 0.121 e. The third-order valence-electron chi connectivity index (χ3n) is 3.94. The predicted octanol–water partition coefficient (Wildman–Crippen LogP) is 4.71. The average molecular weight is 277 g/mol.